The fraction of sp³-hybridized carbons (Fsp3) is 0.125. The number of hydrogen-bond donors (Lipinski definition) is 0. The first kappa shape index (κ1) is 18.3. The Morgan fingerprint density at radius 1 is 0.893 bits per heavy atom. The molecule has 2 aromatic carbocycles. The molecule has 0 aliphatic heterocycles. The molecule has 0 saturated heterocycles. The molecular weight excluding hydrogens is 370 g/mol. The standard InChI is InChI=1S/C24H20NO2.ClH/c1-15-8-19-10-23-21-12-22(18-5-7-27-14-18)24(26-3)11-17(21)4-6-25(23)13-20(19)9-16(15)2;/h4-14H,1-3H3;1H/q+1;/p-1. The van der Waals surface area contributed by atoms with Crippen LogP contribution >= 0.6 is 0 Å². The number of nitrogens with zero attached hydrogens (tertiary/aromatic N) is 1. The SMILES string of the molecule is COc1cc2cc[n+]3cc4cc(C)c(C)cc4cc3c2cc1-c1ccoc1.[Cl-]. The van der Waals surface area contributed by atoms with Crippen molar-refractivity contribution in [2.45, 2.75) is 13.8 Å². The number of hydrogen-bond acceptors (Lipinski definition) is 2. The Kier molecular flexibility index (Phi) is 4.48. The minimum atomic E-state index is 0. The molecule has 0 amide bonds. The zero-order chi connectivity index (χ0) is 18.5. The third-order valence-electron chi connectivity index (χ3n) is 5.44. The molecule has 0 aliphatic rings. The largest absolute Gasteiger partial charge is 1.00 e. The number of halogens is 1. The number of fused-ring (bicyclic) bond motifs is 4. The van der Waals surface area contributed by atoms with Gasteiger partial charge in [-0.2, -0.15) is 4.40 Å². The van der Waals surface area contributed by atoms with Crippen LogP contribution in [0.3, 0.4) is 0 Å². The molecule has 5 rings (SSSR count). The lowest BCUT2D eigenvalue weighted by atomic mass is 10.00. The van der Waals surface area contributed by atoms with Crippen molar-refractivity contribution in [3.05, 3.63) is 78.5 Å². The van der Waals surface area contributed by atoms with E-state index in [-0.39, 0.29) is 12.4 Å². The molecule has 140 valence electrons. The van der Waals surface area contributed by atoms with E-state index in [1.54, 1.807) is 19.6 Å². The predicted octanol–water partition coefficient (Wildman–Crippen LogP) is 2.62. The Morgan fingerprint density at radius 2 is 1.68 bits per heavy atom. The molecule has 0 aliphatic carbocycles. The zero-order valence-corrected chi connectivity index (χ0v) is 16.7. The lowest BCUT2D eigenvalue weighted by Crippen LogP contribution is -3.00. The van der Waals surface area contributed by atoms with Crippen LogP contribution in [-0.2, 0) is 0 Å². The minimum Gasteiger partial charge on any atom is -1.00 e. The number of furan rings is 1. The second kappa shape index (κ2) is 6.84. The van der Waals surface area contributed by atoms with E-state index in [2.05, 4.69) is 67.0 Å². The van der Waals surface area contributed by atoms with Gasteiger partial charge in [0.25, 0.3) is 0 Å². The second-order valence-electron chi connectivity index (χ2n) is 7.10. The van der Waals surface area contributed by atoms with Gasteiger partial charge in [0.15, 0.2) is 12.4 Å². The topological polar surface area (TPSA) is 26.5 Å². The molecule has 0 radical (unpaired) electrons. The van der Waals surface area contributed by atoms with Crippen molar-refractivity contribution in [3.63, 3.8) is 0 Å². The van der Waals surface area contributed by atoms with Gasteiger partial charge < -0.3 is 21.6 Å². The Labute approximate surface area is 169 Å². The highest BCUT2D eigenvalue weighted by Gasteiger charge is 2.15. The summed E-state index contributed by atoms with van der Waals surface area (Å²) in [5, 5.41) is 4.85. The summed E-state index contributed by atoms with van der Waals surface area (Å²) in [5.74, 6) is 0.848. The van der Waals surface area contributed by atoms with Gasteiger partial charge in [-0.1, -0.05) is 6.07 Å². The fourth-order valence-electron chi connectivity index (χ4n) is 3.81. The number of ether oxygens (including phenoxy) is 1. The van der Waals surface area contributed by atoms with Gasteiger partial charge in [0.2, 0.25) is 5.52 Å². The molecule has 28 heavy (non-hydrogen) atoms. The fourth-order valence-corrected chi connectivity index (χ4v) is 3.81. The van der Waals surface area contributed by atoms with Gasteiger partial charge in [-0.15, -0.1) is 0 Å². The van der Waals surface area contributed by atoms with Crippen LogP contribution in [0.4, 0.5) is 0 Å². The van der Waals surface area contributed by atoms with Crippen LogP contribution in [0.1, 0.15) is 11.1 Å². The number of aromatic nitrogens is 1. The lowest BCUT2D eigenvalue weighted by Gasteiger charge is -2.09. The van der Waals surface area contributed by atoms with Crippen LogP contribution in [0.25, 0.3) is 38.2 Å². The first-order valence-electron chi connectivity index (χ1n) is 9.03. The number of rotatable bonds is 2. The van der Waals surface area contributed by atoms with E-state index in [4.69, 9.17) is 9.15 Å². The van der Waals surface area contributed by atoms with E-state index in [1.165, 1.54) is 32.8 Å². The number of benzene rings is 2. The quantitative estimate of drug-likeness (QED) is 0.263. The van der Waals surface area contributed by atoms with Crippen LogP contribution in [0.5, 0.6) is 5.75 Å². The Bertz CT molecular complexity index is 1320. The maximum atomic E-state index is 5.64. The van der Waals surface area contributed by atoms with Gasteiger partial charge in [-0.25, -0.2) is 0 Å². The molecule has 5 aromatic rings. The maximum Gasteiger partial charge on any atom is 0.219 e. The molecule has 0 atom stereocenters. The van der Waals surface area contributed by atoms with E-state index in [0.29, 0.717) is 0 Å². The van der Waals surface area contributed by atoms with E-state index in [1.807, 2.05) is 6.07 Å². The summed E-state index contributed by atoms with van der Waals surface area (Å²) in [6.07, 6.45) is 7.76. The average molecular weight is 390 g/mol. The molecule has 4 heteroatoms. The lowest BCUT2D eigenvalue weighted by molar-refractivity contribution is -0.509. The van der Waals surface area contributed by atoms with Gasteiger partial charge in [-0.05, 0) is 60.0 Å². The van der Waals surface area contributed by atoms with Gasteiger partial charge in [0.1, 0.15) is 5.75 Å². The molecule has 0 N–H and O–H groups in total. The molecule has 0 fully saturated rings. The van der Waals surface area contributed by atoms with Crippen molar-refractivity contribution in [2.24, 2.45) is 0 Å². The summed E-state index contributed by atoms with van der Waals surface area (Å²) in [4.78, 5) is 0. The maximum absolute atomic E-state index is 5.64. The summed E-state index contributed by atoms with van der Waals surface area (Å²) < 4.78 is 13.1. The summed E-state index contributed by atoms with van der Waals surface area (Å²) in [6.45, 7) is 4.32. The van der Waals surface area contributed by atoms with Crippen LogP contribution in [0, 0.1) is 13.8 Å². The summed E-state index contributed by atoms with van der Waals surface area (Å²) in [5.41, 5.74) is 5.86. The molecule has 3 heterocycles. The zero-order valence-electron chi connectivity index (χ0n) is 16.0. The van der Waals surface area contributed by atoms with Crippen molar-refractivity contribution in [1.29, 1.82) is 0 Å². The predicted molar refractivity (Wildman–Crippen MR) is 108 cm³/mol. The molecule has 0 saturated carbocycles. The Balaban J connectivity index is 0.00000192. The Hall–Kier alpha value is -3.04. The normalized spacial score (nSPS) is 11.1. The number of methoxy groups -OCH3 is 1. The van der Waals surface area contributed by atoms with E-state index in [0.717, 1.165) is 22.3 Å². The van der Waals surface area contributed by atoms with Crippen molar-refractivity contribution in [1.82, 2.24) is 0 Å². The highest BCUT2D eigenvalue weighted by molar-refractivity contribution is 6.01. The summed E-state index contributed by atoms with van der Waals surface area (Å²) in [6, 6.07) is 15.2. The summed E-state index contributed by atoms with van der Waals surface area (Å²) >= 11 is 0. The highest BCUT2D eigenvalue weighted by Crippen LogP contribution is 2.35. The monoisotopic (exact) mass is 389 g/mol. The minimum absolute atomic E-state index is 0. The van der Waals surface area contributed by atoms with Crippen molar-refractivity contribution in [3.8, 4) is 16.9 Å². The number of aryl methyl sites for hydroxylation is 2. The van der Waals surface area contributed by atoms with E-state index >= 15 is 0 Å². The molecule has 3 aromatic heterocycles. The first-order valence-corrected chi connectivity index (χ1v) is 9.03. The molecule has 0 unspecified atom stereocenters. The first-order chi connectivity index (χ1) is 13.1. The molecule has 0 bridgehead atoms. The third kappa shape index (κ3) is 2.79. The smallest absolute Gasteiger partial charge is 0.219 e. The third-order valence-corrected chi connectivity index (χ3v) is 5.44. The van der Waals surface area contributed by atoms with Gasteiger partial charge in [-0.3, -0.25) is 0 Å². The van der Waals surface area contributed by atoms with Crippen LogP contribution in [-0.4, -0.2) is 7.11 Å². The average Bonchev–Trinajstić information content (AvgIpc) is 3.21. The van der Waals surface area contributed by atoms with Crippen LogP contribution in [0.15, 0.2) is 71.8 Å². The van der Waals surface area contributed by atoms with Gasteiger partial charge >= 0.3 is 0 Å². The summed E-state index contributed by atoms with van der Waals surface area (Å²) in [7, 11) is 1.71. The Morgan fingerprint density at radius 3 is 2.39 bits per heavy atom. The second-order valence-corrected chi connectivity index (χ2v) is 7.10. The van der Waals surface area contributed by atoms with Gasteiger partial charge in [0, 0.05) is 28.6 Å². The van der Waals surface area contributed by atoms with Crippen LogP contribution in [0.2, 0.25) is 0 Å². The molecule has 0 spiro atoms. The molecular formula is C24H20ClNO2. The van der Waals surface area contributed by atoms with E-state index in [9.17, 15) is 0 Å². The van der Waals surface area contributed by atoms with E-state index < -0.39 is 0 Å². The van der Waals surface area contributed by atoms with Crippen molar-refractivity contribution >= 4 is 27.1 Å². The van der Waals surface area contributed by atoms with Crippen molar-refractivity contribution < 1.29 is 26.0 Å². The number of pyridine rings is 2. The molecule has 3 nitrogen and oxygen atoms in total. The highest BCUT2D eigenvalue weighted by atomic mass is 35.5. The van der Waals surface area contributed by atoms with Crippen LogP contribution < -0.4 is 21.5 Å². The van der Waals surface area contributed by atoms with Gasteiger partial charge in [0.05, 0.1) is 25.0 Å². The van der Waals surface area contributed by atoms with Crippen molar-refractivity contribution in [2.75, 3.05) is 7.11 Å².